The van der Waals surface area contributed by atoms with Crippen LogP contribution in [0, 0.1) is 0 Å². The van der Waals surface area contributed by atoms with E-state index < -0.39 is 7.37 Å². The third-order valence-corrected chi connectivity index (χ3v) is 4.79. The van der Waals surface area contributed by atoms with Crippen LogP contribution in [0.1, 0.15) is 6.92 Å². The predicted octanol–water partition coefficient (Wildman–Crippen LogP) is 3.27. The van der Waals surface area contributed by atoms with Crippen molar-refractivity contribution in [1.82, 2.24) is 0 Å². The summed E-state index contributed by atoms with van der Waals surface area (Å²) in [5.41, 5.74) is 1.83. The van der Waals surface area contributed by atoms with E-state index in [1.807, 2.05) is 42.5 Å². The first kappa shape index (κ1) is 12.1. The Kier molecular flexibility index (Phi) is 3.46. The number of hydrogen-bond donors (Lipinski definition) is 1. The lowest BCUT2D eigenvalue weighted by Gasteiger charge is -2.14. The predicted molar refractivity (Wildman–Crippen MR) is 71.9 cm³/mol. The summed E-state index contributed by atoms with van der Waals surface area (Å²) in [7, 11) is -3.23. The Morgan fingerprint density at radius 1 is 1.00 bits per heavy atom. The molecule has 0 aromatic heterocycles. The highest BCUT2D eigenvalue weighted by atomic mass is 31.2. The van der Waals surface area contributed by atoms with Crippen molar-refractivity contribution in [2.24, 2.45) is 0 Å². The Morgan fingerprint density at radius 3 is 2.24 bits per heavy atom. The SMILES string of the molecule is CCP(=O)(O)c1ccccc1-c1ccccc1. The van der Waals surface area contributed by atoms with E-state index in [1.54, 1.807) is 19.1 Å². The molecular weight excluding hydrogens is 231 g/mol. The number of rotatable bonds is 3. The molecule has 0 heterocycles. The molecule has 2 aromatic carbocycles. The minimum atomic E-state index is -3.23. The Labute approximate surface area is 101 Å². The highest BCUT2D eigenvalue weighted by Crippen LogP contribution is 2.41. The van der Waals surface area contributed by atoms with Gasteiger partial charge in [-0.1, -0.05) is 55.5 Å². The molecular formula is C14H15O2P. The van der Waals surface area contributed by atoms with Crippen LogP contribution in [0.2, 0.25) is 0 Å². The molecule has 88 valence electrons. The van der Waals surface area contributed by atoms with Gasteiger partial charge in [0.2, 0.25) is 7.37 Å². The quantitative estimate of drug-likeness (QED) is 0.844. The lowest BCUT2D eigenvalue weighted by Crippen LogP contribution is -2.09. The van der Waals surface area contributed by atoms with Crippen LogP contribution in [0.5, 0.6) is 0 Å². The lowest BCUT2D eigenvalue weighted by molar-refractivity contribution is 0.491. The van der Waals surface area contributed by atoms with Crippen molar-refractivity contribution in [2.75, 3.05) is 6.16 Å². The van der Waals surface area contributed by atoms with Crippen molar-refractivity contribution in [3.63, 3.8) is 0 Å². The minimum Gasteiger partial charge on any atom is -0.341 e. The topological polar surface area (TPSA) is 37.3 Å². The van der Waals surface area contributed by atoms with Crippen LogP contribution in [-0.2, 0) is 4.57 Å². The average molecular weight is 246 g/mol. The van der Waals surface area contributed by atoms with Crippen molar-refractivity contribution < 1.29 is 9.46 Å². The maximum absolute atomic E-state index is 12.1. The van der Waals surface area contributed by atoms with Gasteiger partial charge in [-0.05, 0) is 17.2 Å². The summed E-state index contributed by atoms with van der Waals surface area (Å²) in [6.07, 6.45) is 0.261. The summed E-state index contributed by atoms with van der Waals surface area (Å²) in [4.78, 5) is 9.99. The molecule has 0 fully saturated rings. The van der Waals surface area contributed by atoms with E-state index in [9.17, 15) is 9.46 Å². The third-order valence-electron chi connectivity index (χ3n) is 2.79. The molecule has 1 unspecified atom stereocenters. The zero-order valence-electron chi connectivity index (χ0n) is 9.71. The molecule has 0 radical (unpaired) electrons. The Bertz CT molecular complexity index is 549. The van der Waals surface area contributed by atoms with E-state index in [1.165, 1.54) is 0 Å². The number of hydrogen-bond acceptors (Lipinski definition) is 1. The lowest BCUT2D eigenvalue weighted by atomic mass is 10.1. The molecule has 0 aliphatic heterocycles. The van der Waals surface area contributed by atoms with Crippen LogP contribution < -0.4 is 5.30 Å². The molecule has 2 aromatic rings. The fourth-order valence-corrected chi connectivity index (χ4v) is 3.05. The summed E-state index contributed by atoms with van der Waals surface area (Å²) in [6, 6.07) is 17.0. The summed E-state index contributed by atoms with van der Waals surface area (Å²) in [5, 5.41) is 0.550. The van der Waals surface area contributed by atoms with Gasteiger partial charge in [0.15, 0.2) is 0 Å². The van der Waals surface area contributed by atoms with E-state index in [2.05, 4.69) is 0 Å². The smallest absolute Gasteiger partial charge is 0.229 e. The summed E-state index contributed by atoms with van der Waals surface area (Å²) in [5.74, 6) is 0. The molecule has 2 nitrogen and oxygen atoms in total. The Hall–Kier alpha value is -1.37. The number of benzene rings is 2. The van der Waals surface area contributed by atoms with E-state index >= 15 is 0 Å². The zero-order valence-corrected chi connectivity index (χ0v) is 10.6. The van der Waals surface area contributed by atoms with Gasteiger partial charge in [0, 0.05) is 11.5 Å². The highest BCUT2D eigenvalue weighted by molar-refractivity contribution is 7.66. The molecule has 3 heteroatoms. The molecule has 1 N–H and O–H groups in total. The second-order valence-electron chi connectivity index (χ2n) is 3.90. The largest absolute Gasteiger partial charge is 0.341 e. The van der Waals surface area contributed by atoms with Crippen molar-refractivity contribution in [3.8, 4) is 11.1 Å². The monoisotopic (exact) mass is 246 g/mol. The van der Waals surface area contributed by atoms with Gasteiger partial charge in [-0.25, -0.2) is 0 Å². The molecule has 0 spiro atoms. The molecule has 0 amide bonds. The van der Waals surface area contributed by atoms with Crippen molar-refractivity contribution in [2.45, 2.75) is 6.92 Å². The van der Waals surface area contributed by atoms with E-state index in [0.29, 0.717) is 5.30 Å². The second-order valence-corrected chi connectivity index (χ2v) is 6.42. The molecule has 0 saturated heterocycles. The van der Waals surface area contributed by atoms with Gasteiger partial charge in [-0.15, -0.1) is 0 Å². The minimum absolute atomic E-state index is 0.261. The molecule has 2 rings (SSSR count). The molecule has 0 aliphatic rings. The van der Waals surface area contributed by atoms with Crippen molar-refractivity contribution in [1.29, 1.82) is 0 Å². The first-order valence-corrected chi connectivity index (χ1v) is 7.46. The van der Waals surface area contributed by atoms with Crippen LogP contribution in [0.4, 0.5) is 0 Å². The van der Waals surface area contributed by atoms with Gasteiger partial charge in [0.25, 0.3) is 0 Å². The van der Waals surface area contributed by atoms with Gasteiger partial charge in [-0.3, -0.25) is 4.57 Å². The van der Waals surface area contributed by atoms with Crippen molar-refractivity contribution in [3.05, 3.63) is 54.6 Å². The van der Waals surface area contributed by atoms with Crippen LogP contribution in [0.3, 0.4) is 0 Å². The Morgan fingerprint density at radius 2 is 1.59 bits per heavy atom. The van der Waals surface area contributed by atoms with E-state index in [0.717, 1.165) is 11.1 Å². The van der Waals surface area contributed by atoms with Crippen LogP contribution >= 0.6 is 7.37 Å². The van der Waals surface area contributed by atoms with Crippen molar-refractivity contribution >= 4 is 12.7 Å². The normalized spacial score (nSPS) is 14.2. The highest BCUT2D eigenvalue weighted by Gasteiger charge is 2.22. The van der Waals surface area contributed by atoms with Gasteiger partial charge >= 0.3 is 0 Å². The fourth-order valence-electron chi connectivity index (χ4n) is 1.81. The summed E-state index contributed by atoms with van der Waals surface area (Å²) < 4.78 is 12.1. The van der Waals surface area contributed by atoms with E-state index in [4.69, 9.17) is 0 Å². The molecule has 0 saturated carbocycles. The maximum atomic E-state index is 12.1. The van der Waals surface area contributed by atoms with Gasteiger partial charge in [-0.2, -0.15) is 0 Å². The summed E-state index contributed by atoms with van der Waals surface area (Å²) >= 11 is 0. The first-order chi connectivity index (χ1) is 8.15. The fraction of sp³-hybridized carbons (Fsp3) is 0.143. The average Bonchev–Trinajstić information content (AvgIpc) is 2.40. The van der Waals surface area contributed by atoms with Crippen LogP contribution in [-0.4, -0.2) is 11.1 Å². The molecule has 17 heavy (non-hydrogen) atoms. The molecule has 0 bridgehead atoms. The Balaban J connectivity index is 2.60. The van der Waals surface area contributed by atoms with Crippen LogP contribution in [0.25, 0.3) is 11.1 Å². The zero-order chi connectivity index (χ0) is 12.3. The van der Waals surface area contributed by atoms with Gasteiger partial charge < -0.3 is 4.89 Å². The molecule has 0 aliphatic carbocycles. The summed E-state index contributed by atoms with van der Waals surface area (Å²) in [6.45, 7) is 1.74. The standard InChI is InChI=1S/C14H15O2P/c1-2-17(15,16)14-11-7-6-10-13(14)12-8-4-3-5-9-12/h3-11H,2H2,1H3,(H,15,16). The van der Waals surface area contributed by atoms with Gasteiger partial charge in [0.05, 0.1) is 0 Å². The van der Waals surface area contributed by atoms with Gasteiger partial charge in [0.1, 0.15) is 0 Å². The molecule has 1 atom stereocenters. The first-order valence-electron chi connectivity index (χ1n) is 5.62. The van der Waals surface area contributed by atoms with E-state index in [-0.39, 0.29) is 6.16 Å². The maximum Gasteiger partial charge on any atom is 0.229 e. The van der Waals surface area contributed by atoms with Crippen LogP contribution in [0.15, 0.2) is 54.6 Å². The second kappa shape index (κ2) is 4.87. The third kappa shape index (κ3) is 2.49.